The summed E-state index contributed by atoms with van der Waals surface area (Å²) in [6.45, 7) is 1.07. The second-order valence-electron chi connectivity index (χ2n) is 6.49. The van der Waals surface area contributed by atoms with Gasteiger partial charge >= 0.3 is 0 Å². The molecule has 2 aromatic rings. The molecule has 2 N–H and O–H groups in total. The summed E-state index contributed by atoms with van der Waals surface area (Å²) in [6, 6.07) is 6.98. The summed E-state index contributed by atoms with van der Waals surface area (Å²) >= 11 is 0. The topological polar surface area (TPSA) is 115 Å². The molecule has 28 heavy (non-hydrogen) atoms. The smallest absolute Gasteiger partial charge is 0.264 e. The lowest BCUT2D eigenvalue weighted by molar-refractivity contribution is -0.131. The minimum Gasteiger partial charge on any atom is -0.497 e. The molecule has 0 saturated heterocycles. The Balaban J connectivity index is 2.30. The highest BCUT2D eigenvalue weighted by molar-refractivity contribution is 7.92. The Morgan fingerprint density at radius 2 is 2.00 bits per heavy atom. The Bertz CT molecular complexity index is 1050. The predicted molar refractivity (Wildman–Crippen MR) is 100 cm³/mol. The molecule has 0 aliphatic carbocycles. The van der Waals surface area contributed by atoms with Gasteiger partial charge in [-0.25, -0.2) is 18.3 Å². The number of hydrogen-bond donors (Lipinski definition) is 2. The molecule has 8 nitrogen and oxygen atoms in total. The van der Waals surface area contributed by atoms with Crippen LogP contribution in [0.4, 0.5) is 4.39 Å². The van der Waals surface area contributed by atoms with Crippen LogP contribution < -0.4 is 15.8 Å². The first-order valence-corrected chi connectivity index (χ1v) is 10.1. The third kappa shape index (κ3) is 4.23. The van der Waals surface area contributed by atoms with Gasteiger partial charge in [-0.3, -0.25) is 14.8 Å². The number of benzene rings is 1. The third-order valence-corrected chi connectivity index (χ3v) is 6.74. The van der Waals surface area contributed by atoms with Crippen LogP contribution in [0.3, 0.4) is 0 Å². The highest BCUT2D eigenvalue weighted by Crippen LogP contribution is 2.26. The number of rotatable bonds is 7. The van der Waals surface area contributed by atoms with Crippen LogP contribution in [0.1, 0.15) is 13.3 Å². The van der Waals surface area contributed by atoms with Crippen molar-refractivity contribution in [2.45, 2.75) is 24.6 Å². The largest absolute Gasteiger partial charge is 0.497 e. The van der Waals surface area contributed by atoms with Crippen LogP contribution in [0.15, 0.2) is 41.3 Å². The molecule has 1 atom stereocenters. The van der Waals surface area contributed by atoms with E-state index in [1.54, 1.807) is 6.07 Å². The molecule has 0 radical (unpaired) electrons. The summed E-state index contributed by atoms with van der Waals surface area (Å²) in [5.41, 5.74) is 1.42. The molecule has 1 heterocycles. The van der Waals surface area contributed by atoms with E-state index in [-0.39, 0.29) is 18.5 Å². The lowest BCUT2D eigenvalue weighted by atomic mass is 10.1. The number of carbonyl (C=O) groups is 1. The zero-order valence-corrected chi connectivity index (χ0v) is 16.4. The molecule has 1 amide bonds. The van der Waals surface area contributed by atoms with E-state index in [4.69, 9.17) is 9.94 Å². The van der Waals surface area contributed by atoms with Crippen molar-refractivity contribution in [3.8, 4) is 16.9 Å². The molecule has 0 aliphatic heterocycles. The first-order chi connectivity index (χ1) is 13.0. The van der Waals surface area contributed by atoms with Gasteiger partial charge in [-0.1, -0.05) is 0 Å². The third-order valence-electron chi connectivity index (χ3n) is 4.71. The van der Waals surface area contributed by atoms with E-state index >= 15 is 0 Å². The monoisotopic (exact) mass is 412 g/mol. The van der Waals surface area contributed by atoms with Gasteiger partial charge in [-0.15, -0.1) is 0 Å². The molecular weight excluding hydrogens is 391 g/mol. The van der Waals surface area contributed by atoms with Gasteiger partial charge in [0.25, 0.3) is 11.5 Å². The molecule has 0 aliphatic rings. The minimum atomic E-state index is -3.87. The van der Waals surface area contributed by atoms with Crippen molar-refractivity contribution in [3.63, 3.8) is 0 Å². The predicted octanol–water partition coefficient (Wildman–Crippen LogP) is 1.36. The molecule has 0 fully saturated rings. The SMILES string of the molecule is COc1ccc(-c2ccn(CC[C@@](C)(C(=O)NO)S(C)(=O)=O)c(=O)c2)c(F)c1. The van der Waals surface area contributed by atoms with Gasteiger partial charge in [0.2, 0.25) is 0 Å². The number of methoxy groups -OCH3 is 1. The van der Waals surface area contributed by atoms with Gasteiger partial charge in [0, 0.05) is 36.7 Å². The van der Waals surface area contributed by atoms with Gasteiger partial charge < -0.3 is 9.30 Å². The summed E-state index contributed by atoms with van der Waals surface area (Å²) in [6.07, 6.45) is 2.02. The molecule has 0 saturated carbocycles. The Morgan fingerprint density at radius 1 is 1.32 bits per heavy atom. The Hall–Kier alpha value is -2.72. The number of aryl methyl sites for hydroxylation is 1. The fraction of sp³-hybridized carbons (Fsp3) is 0.333. The Kier molecular flexibility index (Phi) is 6.25. The Labute approximate surface area is 161 Å². The van der Waals surface area contributed by atoms with Gasteiger partial charge in [0.05, 0.1) is 7.11 Å². The van der Waals surface area contributed by atoms with Crippen molar-refractivity contribution in [1.82, 2.24) is 10.0 Å². The lowest BCUT2D eigenvalue weighted by Gasteiger charge is -2.25. The van der Waals surface area contributed by atoms with E-state index in [1.807, 2.05) is 0 Å². The molecule has 0 bridgehead atoms. The van der Waals surface area contributed by atoms with Gasteiger partial charge in [-0.2, -0.15) is 0 Å². The summed E-state index contributed by atoms with van der Waals surface area (Å²) in [5.74, 6) is -1.29. The number of pyridine rings is 1. The number of hydrogen-bond acceptors (Lipinski definition) is 6. The number of sulfone groups is 1. The van der Waals surface area contributed by atoms with Crippen LogP contribution >= 0.6 is 0 Å². The molecule has 1 aromatic carbocycles. The van der Waals surface area contributed by atoms with E-state index in [0.29, 0.717) is 11.3 Å². The number of aromatic nitrogens is 1. The van der Waals surface area contributed by atoms with E-state index in [9.17, 15) is 22.4 Å². The van der Waals surface area contributed by atoms with Crippen LogP contribution in [0.25, 0.3) is 11.1 Å². The van der Waals surface area contributed by atoms with Gasteiger partial charge in [-0.05, 0) is 37.1 Å². The maximum Gasteiger partial charge on any atom is 0.264 e. The van der Waals surface area contributed by atoms with Crippen molar-refractivity contribution in [3.05, 3.63) is 52.7 Å². The summed E-state index contributed by atoms with van der Waals surface area (Å²) in [4.78, 5) is 24.2. The number of amides is 1. The van der Waals surface area contributed by atoms with E-state index in [2.05, 4.69) is 0 Å². The average Bonchev–Trinajstić information content (AvgIpc) is 2.64. The number of hydroxylamine groups is 1. The molecule has 2 rings (SSSR count). The number of ether oxygens (including phenoxy) is 1. The minimum absolute atomic E-state index is 0.0960. The average molecular weight is 412 g/mol. The number of nitrogens with one attached hydrogen (secondary N) is 1. The second-order valence-corrected chi connectivity index (χ2v) is 8.93. The lowest BCUT2D eigenvalue weighted by Crippen LogP contribution is -2.49. The van der Waals surface area contributed by atoms with E-state index in [1.165, 1.54) is 54.5 Å². The molecule has 152 valence electrons. The highest BCUT2D eigenvalue weighted by atomic mass is 32.2. The van der Waals surface area contributed by atoms with Crippen LogP contribution in [-0.4, -0.2) is 42.2 Å². The molecule has 10 heteroatoms. The van der Waals surface area contributed by atoms with Crippen LogP contribution in [-0.2, 0) is 21.2 Å². The standard InChI is InChI=1S/C18H21FN2O6S/c1-18(17(23)20-24,28(3,25)26)7-9-21-8-6-12(10-16(21)22)14-5-4-13(27-2)11-15(14)19/h4-6,8,10-11,24H,7,9H2,1-3H3,(H,20,23)/t18-/m0/s1. The maximum atomic E-state index is 14.2. The summed E-state index contributed by atoms with van der Waals surface area (Å²) in [7, 11) is -2.46. The van der Waals surface area contributed by atoms with Gasteiger partial charge in [0.15, 0.2) is 14.6 Å². The first kappa shape index (κ1) is 21.6. The van der Waals surface area contributed by atoms with E-state index in [0.717, 1.165) is 6.26 Å². The zero-order valence-electron chi connectivity index (χ0n) is 15.6. The fourth-order valence-electron chi connectivity index (χ4n) is 2.64. The van der Waals surface area contributed by atoms with Crippen LogP contribution in [0.5, 0.6) is 5.75 Å². The van der Waals surface area contributed by atoms with Crippen molar-refractivity contribution in [2.24, 2.45) is 0 Å². The maximum absolute atomic E-state index is 14.2. The number of halogens is 1. The first-order valence-electron chi connectivity index (χ1n) is 8.22. The van der Waals surface area contributed by atoms with Gasteiger partial charge in [0.1, 0.15) is 11.6 Å². The molecular formula is C18H21FN2O6S. The normalized spacial score (nSPS) is 13.6. The number of nitrogens with zero attached hydrogens (tertiary/aromatic N) is 1. The van der Waals surface area contributed by atoms with Crippen molar-refractivity contribution in [1.29, 1.82) is 0 Å². The fourth-order valence-corrected chi connectivity index (χ4v) is 3.48. The highest BCUT2D eigenvalue weighted by Gasteiger charge is 2.43. The van der Waals surface area contributed by atoms with Crippen molar-refractivity contribution < 1.29 is 27.5 Å². The summed E-state index contributed by atoms with van der Waals surface area (Å²) < 4.78 is 42.4. The molecule has 0 unspecified atom stereocenters. The van der Waals surface area contributed by atoms with Crippen LogP contribution in [0.2, 0.25) is 0 Å². The second kappa shape index (κ2) is 8.11. The molecule has 0 spiro atoms. The van der Waals surface area contributed by atoms with Crippen molar-refractivity contribution >= 4 is 15.7 Å². The molecule has 1 aromatic heterocycles. The zero-order chi connectivity index (χ0) is 21.1. The quantitative estimate of drug-likeness (QED) is 0.524. The Morgan fingerprint density at radius 3 is 2.50 bits per heavy atom. The van der Waals surface area contributed by atoms with Crippen LogP contribution in [0, 0.1) is 5.82 Å². The van der Waals surface area contributed by atoms with Crippen molar-refractivity contribution in [2.75, 3.05) is 13.4 Å². The summed E-state index contributed by atoms with van der Waals surface area (Å²) in [5, 5.41) is 8.83. The number of carbonyl (C=O) groups excluding carboxylic acids is 1. The van der Waals surface area contributed by atoms with E-state index < -0.39 is 31.9 Å².